The summed E-state index contributed by atoms with van der Waals surface area (Å²) in [6.45, 7) is 6.83. The molecular weight excluding hydrogens is 178 g/mol. The predicted molar refractivity (Wildman–Crippen MR) is 62.4 cm³/mol. The SMILES string of the molecule is CCNCC(C)CSC1CCCC1. The van der Waals surface area contributed by atoms with Crippen molar-refractivity contribution >= 4 is 11.8 Å². The molecule has 0 aliphatic heterocycles. The van der Waals surface area contributed by atoms with Gasteiger partial charge in [-0.1, -0.05) is 26.7 Å². The Labute approximate surface area is 87.1 Å². The Balaban J connectivity index is 1.97. The molecule has 0 saturated heterocycles. The third kappa shape index (κ3) is 4.92. The normalized spacial score (nSPS) is 20.8. The highest BCUT2D eigenvalue weighted by Gasteiger charge is 2.15. The summed E-state index contributed by atoms with van der Waals surface area (Å²) in [7, 11) is 0. The summed E-state index contributed by atoms with van der Waals surface area (Å²) in [5.41, 5.74) is 0. The molecule has 0 amide bonds. The summed E-state index contributed by atoms with van der Waals surface area (Å²) in [6, 6.07) is 0. The topological polar surface area (TPSA) is 12.0 Å². The first-order valence-electron chi connectivity index (χ1n) is 5.65. The van der Waals surface area contributed by atoms with E-state index in [9.17, 15) is 0 Å². The number of rotatable bonds is 6. The molecule has 78 valence electrons. The first-order valence-corrected chi connectivity index (χ1v) is 6.70. The number of nitrogens with one attached hydrogen (secondary N) is 1. The van der Waals surface area contributed by atoms with Crippen molar-refractivity contribution in [3.63, 3.8) is 0 Å². The second-order valence-electron chi connectivity index (χ2n) is 4.15. The monoisotopic (exact) mass is 201 g/mol. The van der Waals surface area contributed by atoms with Gasteiger partial charge in [0.15, 0.2) is 0 Å². The summed E-state index contributed by atoms with van der Waals surface area (Å²) in [4.78, 5) is 0. The molecule has 1 unspecified atom stereocenters. The zero-order valence-corrected chi connectivity index (χ0v) is 9.83. The van der Waals surface area contributed by atoms with Gasteiger partial charge in [0.25, 0.3) is 0 Å². The van der Waals surface area contributed by atoms with Crippen LogP contribution in [0.5, 0.6) is 0 Å². The molecule has 1 rings (SSSR count). The van der Waals surface area contributed by atoms with Crippen LogP contribution in [0.25, 0.3) is 0 Å². The van der Waals surface area contributed by atoms with Crippen molar-refractivity contribution in [3.05, 3.63) is 0 Å². The minimum atomic E-state index is 0.838. The molecule has 1 aliphatic carbocycles. The first kappa shape index (κ1) is 11.4. The van der Waals surface area contributed by atoms with Gasteiger partial charge < -0.3 is 5.32 Å². The van der Waals surface area contributed by atoms with Gasteiger partial charge in [-0.15, -0.1) is 0 Å². The summed E-state index contributed by atoms with van der Waals surface area (Å²) in [6.07, 6.45) is 5.88. The van der Waals surface area contributed by atoms with Gasteiger partial charge in [-0.05, 0) is 37.6 Å². The molecule has 1 atom stereocenters. The van der Waals surface area contributed by atoms with E-state index in [0.717, 1.165) is 17.7 Å². The highest BCUT2D eigenvalue weighted by Crippen LogP contribution is 2.30. The van der Waals surface area contributed by atoms with Crippen molar-refractivity contribution < 1.29 is 0 Å². The van der Waals surface area contributed by atoms with E-state index in [2.05, 4.69) is 30.9 Å². The Morgan fingerprint density at radius 1 is 1.38 bits per heavy atom. The van der Waals surface area contributed by atoms with E-state index in [1.54, 1.807) is 0 Å². The average molecular weight is 201 g/mol. The van der Waals surface area contributed by atoms with E-state index in [1.807, 2.05) is 0 Å². The van der Waals surface area contributed by atoms with Crippen molar-refractivity contribution in [1.82, 2.24) is 5.32 Å². The van der Waals surface area contributed by atoms with E-state index in [0.29, 0.717) is 0 Å². The molecule has 1 nitrogen and oxygen atoms in total. The van der Waals surface area contributed by atoms with Crippen molar-refractivity contribution in [2.45, 2.75) is 44.8 Å². The molecule has 0 aromatic carbocycles. The van der Waals surface area contributed by atoms with Gasteiger partial charge in [0.1, 0.15) is 0 Å². The molecule has 1 saturated carbocycles. The van der Waals surface area contributed by atoms with E-state index in [4.69, 9.17) is 0 Å². The Hall–Kier alpha value is 0.310. The van der Waals surface area contributed by atoms with Gasteiger partial charge in [0, 0.05) is 5.25 Å². The largest absolute Gasteiger partial charge is 0.317 e. The quantitative estimate of drug-likeness (QED) is 0.709. The predicted octanol–water partition coefficient (Wildman–Crippen LogP) is 2.91. The molecule has 1 aliphatic rings. The molecule has 0 bridgehead atoms. The molecule has 0 aromatic rings. The molecule has 1 N–H and O–H groups in total. The summed E-state index contributed by atoms with van der Waals surface area (Å²) >= 11 is 2.20. The van der Waals surface area contributed by atoms with Gasteiger partial charge in [-0.25, -0.2) is 0 Å². The summed E-state index contributed by atoms with van der Waals surface area (Å²) in [5.74, 6) is 2.18. The van der Waals surface area contributed by atoms with Gasteiger partial charge in [0.05, 0.1) is 0 Å². The van der Waals surface area contributed by atoms with Crippen LogP contribution in [-0.2, 0) is 0 Å². The minimum absolute atomic E-state index is 0.838. The maximum absolute atomic E-state index is 3.41. The maximum atomic E-state index is 3.41. The van der Waals surface area contributed by atoms with Gasteiger partial charge in [-0.2, -0.15) is 11.8 Å². The fourth-order valence-corrected chi connectivity index (χ4v) is 3.19. The van der Waals surface area contributed by atoms with E-state index >= 15 is 0 Å². The Kier molecular flexibility index (Phi) is 5.88. The zero-order chi connectivity index (χ0) is 9.52. The fourth-order valence-electron chi connectivity index (χ4n) is 1.81. The molecular formula is C11H23NS. The van der Waals surface area contributed by atoms with Crippen molar-refractivity contribution in [1.29, 1.82) is 0 Å². The van der Waals surface area contributed by atoms with Crippen LogP contribution in [0, 0.1) is 5.92 Å². The molecule has 1 fully saturated rings. The molecule has 0 spiro atoms. The number of thioether (sulfide) groups is 1. The molecule has 0 heterocycles. The second kappa shape index (κ2) is 6.72. The lowest BCUT2D eigenvalue weighted by Crippen LogP contribution is -2.22. The summed E-state index contributed by atoms with van der Waals surface area (Å²) < 4.78 is 0. The smallest absolute Gasteiger partial charge is 0.00471 e. The van der Waals surface area contributed by atoms with Crippen LogP contribution in [0.1, 0.15) is 39.5 Å². The van der Waals surface area contributed by atoms with Crippen LogP contribution in [0.4, 0.5) is 0 Å². The third-order valence-corrected chi connectivity index (χ3v) is 4.37. The molecule has 2 heteroatoms. The lowest BCUT2D eigenvalue weighted by molar-refractivity contribution is 0.573. The standard InChI is InChI=1S/C11H23NS/c1-3-12-8-10(2)9-13-11-6-4-5-7-11/h10-12H,3-9H2,1-2H3. The molecule has 0 radical (unpaired) electrons. The van der Waals surface area contributed by atoms with Gasteiger partial charge in [0.2, 0.25) is 0 Å². The number of hydrogen-bond acceptors (Lipinski definition) is 2. The lowest BCUT2D eigenvalue weighted by Gasteiger charge is -2.14. The Morgan fingerprint density at radius 2 is 2.08 bits per heavy atom. The second-order valence-corrected chi connectivity index (χ2v) is 5.49. The van der Waals surface area contributed by atoms with Crippen molar-refractivity contribution in [3.8, 4) is 0 Å². The highest BCUT2D eigenvalue weighted by atomic mass is 32.2. The first-order chi connectivity index (χ1) is 6.33. The van der Waals surface area contributed by atoms with Crippen LogP contribution >= 0.6 is 11.8 Å². The highest BCUT2D eigenvalue weighted by molar-refractivity contribution is 7.99. The molecule has 0 aromatic heterocycles. The van der Waals surface area contributed by atoms with Crippen LogP contribution < -0.4 is 5.32 Å². The van der Waals surface area contributed by atoms with E-state index in [-0.39, 0.29) is 0 Å². The van der Waals surface area contributed by atoms with Crippen LogP contribution in [-0.4, -0.2) is 24.1 Å². The van der Waals surface area contributed by atoms with E-state index < -0.39 is 0 Å². The fraction of sp³-hybridized carbons (Fsp3) is 1.00. The Bertz CT molecular complexity index is 121. The van der Waals surface area contributed by atoms with Crippen LogP contribution in [0.3, 0.4) is 0 Å². The van der Waals surface area contributed by atoms with Crippen molar-refractivity contribution in [2.24, 2.45) is 5.92 Å². The minimum Gasteiger partial charge on any atom is -0.317 e. The summed E-state index contributed by atoms with van der Waals surface area (Å²) in [5, 5.41) is 4.40. The lowest BCUT2D eigenvalue weighted by atomic mass is 10.2. The van der Waals surface area contributed by atoms with Gasteiger partial charge >= 0.3 is 0 Å². The Morgan fingerprint density at radius 3 is 2.69 bits per heavy atom. The zero-order valence-electron chi connectivity index (χ0n) is 9.01. The van der Waals surface area contributed by atoms with E-state index in [1.165, 1.54) is 38.0 Å². The van der Waals surface area contributed by atoms with Crippen LogP contribution in [0.2, 0.25) is 0 Å². The maximum Gasteiger partial charge on any atom is 0.00471 e. The third-order valence-electron chi connectivity index (χ3n) is 2.66. The average Bonchev–Trinajstić information content (AvgIpc) is 2.64. The molecule has 13 heavy (non-hydrogen) atoms. The number of hydrogen-bond donors (Lipinski definition) is 1. The van der Waals surface area contributed by atoms with Crippen LogP contribution in [0.15, 0.2) is 0 Å². The van der Waals surface area contributed by atoms with Crippen molar-refractivity contribution in [2.75, 3.05) is 18.8 Å². The van der Waals surface area contributed by atoms with Gasteiger partial charge in [-0.3, -0.25) is 0 Å².